The lowest BCUT2D eigenvalue weighted by Crippen LogP contribution is -2.32. The monoisotopic (exact) mass is 391 g/mol. The molecule has 0 N–H and O–H groups in total. The van der Waals surface area contributed by atoms with Crippen LogP contribution in [0.2, 0.25) is 0 Å². The molecule has 0 radical (unpaired) electrons. The Labute approximate surface area is 168 Å². The van der Waals surface area contributed by atoms with Gasteiger partial charge in [0.15, 0.2) is 5.13 Å². The zero-order valence-corrected chi connectivity index (χ0v) is 16.3. The first-order valence-electron chi connectivity index (χ1n) is 9.35. The van der Waals surface area contributed by atoms with Gasteiger partial charge in [-0.3, -0.25) is 14.5 Å². The number of thiazole rings is 1. The lowest BCUT2D eigenvalue weighted by molar-refractivity contribution is -0.118. The van der Waals surface area contributed by atoms with Crippen LogP contribution in [0.5, 0.6) is 0 Å². The van der Waals surface area contributed by atoms with E-state index in [1.54, 1.807) is 9.80 Å². The highest BCUT2D eigenvalue weighted by Crippen LogP contribution is 2.26. The fraction of sp³-hybridized carbons (Fsp3) is 0.227. The van der Waals surface area contributed by atoms with E-state index in [0.717, 1.165) is 17.7 Å². The normalized spacial score (nSPS) is 13.7. The first-order chi connectivity index (χ1) is 13.7. The summed E-state index contributed by atoms with van der Waals surface area (Å²) in [5.41, 5.74) is 2.64. The summed E-state index contributed by atoms with van der Waals surface area (Å²) in [7, 11) is 0. The second kappa shape index (κ2) is 8.35. The summed E-state index contributed by atoms with van der Waals surface area (Å²) in [6, 6.07) is 19.6. The molecule has 0 spiro atoms. The number of benzene rings is 2. The average Bonchev–Trinajstić information content (AvgIpc) is 3.36. The van der Waals surface area contributed by atoms with Gasteiger partial charge in [-0.25, -0.2) is 4.98 Å². The molecule has 142 valence electrons. The molecule has 0 atom stereocenters. The largest absolute Gasteiger partial charge is 0.308 e. The van der Waals surface area contributed by atoms with Crippen molar-refractivity contribution in [3.63, 3.8) is 0 Å². The SMILES string of the molecule is O=C(Cc1csc(N2CCCC2=O)n1)N(Cc1ccccc1)c1ccccc1. The molecule has 1 aliphatic rings. The molecular weight excluding hydrogens is 370 g/mol. The molecule has 0 unspecified atom stereocenters. The van der Waals surface area contributed by atoms with Crippen LogP contribution in [0, 0.1) is 0 Å². The van der Waals surface area contributed by atoms with Crippen molar-refractivity contribution in [2.24, 2.45) is 0 Å². The first-order valence-corrected chi connectivity index (χ1v) is 10.2. The van der Waals surface area contributed by atoms with E-state index in [4.69, 9.17) is 0 Å². The van der Waals surface area contributed by atoms with Crippen LogP contribution in [-0.4, -0.2) is 23.3 Å². The molecular formula is C22H21N3O2S. The average molecular weight is 391 g/mol. The number of para-hydroxylation sites is 1. The van der Waals surface area contributed by atoms with Crippen LogP contribution in [0.25, 0.3) is 0 Å². The highest BCUT2D eigenvalue weighted by Gasteiger charge is 2.25. The quantitative estimate of drug-likeness (QED) is 0.637. The van der Waals surface area contributed by atoms with Crippen LogP contribution < -0.4 is 9.80 Å². The van der Waals surface area contributed by atoms with Crippen molar-refractivity contribution < 1.29 is 9.59 Å². The van der Waals surface area contributed by atoms with Gasteiger partial charge in [-0.2, -0.15) is 0 Å². The van der Waals surface area contributed by atoms with Gasteiger partial charge in [-0.05, 0) is 24.1 Å². The lowest BCUT2D eigenvalue weighted by Gasteiger charge is -2.23. The van der Waals surface area contributed by atoms with Crippen LogP contribution in [0.3, 0.4) is 0 Å². The van der Waals surface area contributed by atoms with Crippen LogP contribution in [0.4, 0.5) is 10.8 Å². The Kier molecular flexibility index (Phi) is 5.48. The number of rotatable bonds is 6. The fourth-order valence-electron chi connectivity index (χ4n) is 3.30. The maximum absolute atomic E-state index is 13.1. The maximum Gasteiger partial charge on any atom is 0.233 e. The number of carbonyl (C=O) groups is 2. The lowest BCUT2D eigenvalue weighted by atomic mass is 10.1. The van der Waals surface area contributed by atoms with Gasteiger partial charge in [0.1, 0.15) is 0 Å². The zero-order valence-electron chi connectivity index (χ0n) is 15.5. The van der Waals surface area contributed by atoms with Gasteiger partial charge in [0.25, 0.3) is 0 Å². The smallest absolute Gasteiger partial charge is 0.233 e. The number of anilines is 2. The molecule has 1 aliphatic heterocycles. The van der Waals surface area contributed by atoms with Crippen molar-refractivity contribution in [3.05, 3.63) is 77.3 Å². The Bertz CT molecular complexity index is 956. The summed E-state index contributed by atoms with van der Waals surface area (Å²) in [5.74, 6) is 0.0990. The molecule has 0 saturated carbocycles. The molecule has 1 aromatic heterocycles. The minimum atomic E-state index is -0.0142. The molecule has 2 heterocycles. The molecule has 6 heteroatoms. The van der Waals surface area contributed by atoms with E-state index in [1.165, 1.54) is 11.3 Å². The van der Waals surface area contributed by atoms with Gasteiger partial charge in [-0.1, -0.05) is 48.5 Å². The van der Waals surface area contributed by atoms with Gasteiger partial charge < -0.3 is 4.90 Å². The minimum Gasteiger partial charge on any atom is -0.308 e. The highest BCUT2D eigenvalue weighted by molar-refractivity contribution is 7.14. The van der Waals surface area contributed by atoms with Gasteiger partial charge in [-0.15, -0.1) is 11.3 Å². The van der Waals surface area contributed by atoms with E-state index >= 15 is 0 Å². The summed E-state index contributed by atoms with van der Waals surface area (Å²) in [6.07, 6.45) is 1.65. The molecule has 1 saturated heterocycles. The van der Waals surface area contributed by atoms with Crippen LogP contribution in [0.1, 0.15) is 24.1 Å². The van der Waals surface area contributed by atoms with Crippen LogP contribution in [-0.2, 0) is 22.6 Å². The second-order valence-electron chi connectivity index (χ2n) is 6.75. The van der Waals surface area contributed by atoms with Crippen molar-refractivity contribution in [3.8, 4) is 0 Å². The zero-order chi connectivity index (χ0) is 19.3. The number of hydrogen-bond donors (Lipinski definition) is 0. The van der Waals surface area contributed by atoms with Gasteiger partial charge >= 0.3 is 0 Å². The van der Waals surface area contributed by atoms with Crippen LogP contribution in [0.15, 0.2) is 66.0 Å². The van der Waals surface area contributed by atoms with Crippen molar-refractivity contribution in [1.29, 1.82) is 0 Å². The van der Waals surface area contributed by atoms with E-state index in [9.17, 15) is 9.59 Å². The van der Waals surface area contributed by atoms with E-state index in [2.05, 4.69) is 4.98 Å². The molecule has 0 bridgehead atoms. The van der Waals surface area contributed by atoms with Gasteiger partial charge in [0.05, 0.1) is 18.7 Å². The number of carbonyl (C=O) groups excluding carboxylic acids is 2. The summed E-state index contributed by atoms with van der Waals surface area (Å²) in [5, 5.41) is 2.57. The Morgan fingerprint density at radius 1 is 1.07 bits per heavy atom. The standard InChI is InChI=1S/C22H21N3O2S/c26-20-12-7-13-24(20)22-23-18(16-28-22)14-21(27)25(19-10-5-2-6-11-19)15-17-8-3-1-4-9-17/h1-6,8-11,16H,7,12-15H2. The van der Waals surface area contributed by atoms with Crippen molar-refractivity contribution in [2.75, 3.05) is 16.3 Å². The summed E-state index contributed by atoms with van der Waals surface area (Å²) in [6.45, 7) is 1.22. The number of amides is 2. The van der Waals surface area contributed by atoms with E-state index in [1.807, 2.05) is 66.0 Å². The summed E-state index contributed by atoms with van der Waals surface area (Å²) < 4.78 is 0. The molecule has 4 rings (SSSR count). The van der Waals surface area contributed by atoms with Gasteiger partial charge in [0.2, 0.25) is 11.8 Å². The van der Waals surface area contributed by atoms with E-state index < -0.39 is 0 Å². The molecule has 0 aliphatic carbocycles. The Morgan fingerprint density at radius 2 is 1.79 bits per heavy atom. The van der Waals surface area contributed by atoms with Crippen molar-refractivity contribution >= 4 is 34.0 Å². The number of nitrogens with zero attached hydrogens (tertiary/aromatic N) is 3. The van der Waals surface area contributed by atoms with Gasteiger partial charge in [0, 0.05) is 24.0 Å². The Balaban J connectivity index is 1.52. The van der Waals surface area contributed by atoms with E-state index in [-0.39, 0.29) is 18.2 Å². The van der Waals surface area contributed by atoms with Crippen molar-refractivity contribution in [1.82, 2.24) is 4.98 Å². The Hall–Kier alpha value is -2.99. The third-order valence-corrected chi connectivity index (χ3v) is 5.64. The van der Waals surface area contributed by atoms with E-state index in [0.29, 0.717) is 30.3 Å². The topological polar surface area (TPSA) is 53.5 Å². The molecule has 28 heavy (non-hydrogen) atoms. The molecule has 1 fully saturated rings. The molecule has 2 amide bonds. The predicted molar refractivity (Wildman–Crippen MR) is 111 cm³/mol. The Morgan fingerprint density at radius 3 is 2.46 bits per heavy atom. The fourth-order valence-corrected chi connectivity index (χ4v) is 4.17. The van der Waals surface area contributed by atoms with Crippen LogP contribution >= 0.6 is 11.3 Å². The third kappa shape index (κ3) is 4.12. The predicted octanol–water partition coefficient (Wildman–Crippen LogP) is 4.05. The molecule has 2 aromatic carbocycles. The van der Waals surface area contributed by atoms with Crippen molar-refractivity contribution in [2.45, 2.75) is 25.8 Å². The highest BCUT2D eigenvalue weighted by atomic mass is 32.1. The maximum atomic E-state index is 13.1. The first kappa shape index (κ1) is 18.4. The number of hydrogen-bond acceptors (Lipinski definition) is 4. The summed E-state index contributed by atoms with van der Waals surface area (Å²) >= 11 is 1.43. The minimum absolute atomic E-state index is 0.0142. The summed E-state index contributed by atoms with van der Waals surface area (Å²) in [4.78, 5) is 33.1. The third-order valence-electron chi connectivity index (χ3n) is 4.73. The number of aromatic nitrogens is 1. The second-order valence-corrected chi connectivity index (χ2v) is 7.58. The molecule has 5 nitrogen and oxygen atoms in total. The molecule has 3 aromatic rings.